The van der Waals surface area contributed by atoms with Gasteiger partial charge in [0.05, 0.1) is 5.56 Å². The van der Waals surface area contributed by atoms with Crippen molar-refractivity contribution in [3.63, 3.8) is 0 Å². The zero-order valence-corrected chi connectivity index (χ0v) is 17.2. The second-order valence-corrected chi connectivity index (χ2v) is 8.36. The Morgan fingerprint density at radius 2 is 1.93 bits per heavy atom. The number of thiophene rings is 1. The van der Waals surface area contributed by atoms with Crippen molar-refractivity contribution in [3.05, 3.63) is 52.0 Å². The van der Waals surface area contributed by atoms with Crippen molar-refractivity contribution in [2.24, 2.45) is 0 Å². The summed E-state index contributed by atoms with van der Waals surface area (Å²) in [7, 11) is 0. The van der Waals surface area contributed by atoms with Gasteiger partial charge in [0.2, 0.25) is 11.7 Å². The number of ether oxygens (including phenoxy) is 1. The van der Waals surface area contributed by atoms with Crippen molar-refractivity contribution in [2.75, 3.05) is 5.32 Å². The van der Waals surface area contributed by atoms with Gasteiger partial charge in [-0.2, -0.15) is 0 Å². The predicted octanol–water partition coefficient (Wildman–Crippen LogP) is 4.49. The first kappa shape index (κ1) is 19.4. The number of esters is 1. The highest BCUT2D eigenvalue weighted by atomic mass is 32.1. The largest absolute Gasteiger partial charge is 0.451 e. The van der Waals surface area contributed by atoms with Crippen molar-refractivity contribution >= 4 is 44.9 Å². The number of Topliss-reactive ketones (excluding diaryl/α,β-unsaturated/α-hetero) is 1. The SMILES string of the molecule is CC(=O)Nc1sc2c(c1C(=O)O[C@H](C)C(=O)c1c[nH]c3ccccc13)CCCC2. The first-order valence-corrected chi connectivity index (χ1v) is 10.5. The molecule has 0 unspecified atom stereocenters. The Morgan fingerprint density at radius 1 is 1.17 bits per heavy atom. The maximum Gasteiger partial charge on any atom is 0.342 e. The summed E-state index contributed by atoms with van der Waals surface area (Å²) in [6.45, 7) is 3.00. The van der Waals surface area contributed by atoms with E-state index >= 15 is 0 Å². The van der Waals surface area contributed by atoms with E-state index in [4.69, 9.17) is 4.74 Å². The Morgan fingerprint density at radius 3 is 2.72 bits per heavy atom. The molecule has 1 aromatic carbocycles. The van der Waals surface area contributed by atoms with Gasteiger partial charge in [0, 0.05) is 34.5 Å². The van der Waals surface area contributed by atoms with Crippen LogP contribution in [-0.4, -0.2) is 28.7 Å². The van der Waals surface area contributed by atoms with Crippen LogP contribution in [0.2, 0.25) is 0 Å². The number of hydrogen-bond donors (Lipinski definition) is 2. The van der Waals surface area contributed by atoms with Gasteiger partial charge >= 0.3 is 5.97 Å². The minimum Gasteiger partial charge on any atom is -0.451 e. The molecule has 2 N–H and O–H groups in total. The molecule has 0 spiro atoms. The third kappa shape index (κ3) is 3.70. The Balaban J connectivity index is 1.59. The lowest BCUT2D eigenvalue weighted by atomic mass is 9.95. The maximum atomic E-state index is 13.0. The van der Waals surface area contributed by atoms with Gasteiger partial charge in [-0.3, -0.25) is 9.59 Å². The lowest BCUT2D eigenvalue weighted by Gasteiger charge is -2.15. The van der Waals surface area contributed by atoms with Crippen LogP contribution in [-0.2, 0) is 22.4 Å². The number of anilines is 1. The first-order chi connectivity index (χ1) is 14.0. The van der Waals surface area contributed by atoms with Crippen molar-refractivity contribution in [1.82, 2.24) is 4.98 Å². The van der Waals surface area contributed by atoms with Crippen molar-refractivity contribution in [2.45, 2.75) is 45.6 Å². The molecule has 29 heavy (non-hydrogen) atoms. The van der Waals surface area contributed by atoms with Crippen LogP contribution in [0.15, 0.2) is 30.5 Å². The number of carbonyl (C=O) groups is 3. The van der Waals surface area contributed by atoms with E-state index in [1.165, 1.54) is 18.3 Å². The molecule has 0 fully saturated rings. The Kier molecular flexibility index (Phi) is 5.24. The number of rotatable bonds is 5. The summed E-state index contributed by atoms with van der Waals surface area (Å²) in [5.41, 5.74) is 2.70. The molecule has 4 rings (SSSR count). The molecular formula is C22H22N2O4S. The maximum absolute atomic E-state index is 13.0. The van der Waals surface area contributed by atoms with E-state index in [-0.39, 0.29) is 11.7 Å². The topological polar surface area (TPSA) is 88.3 Å². The molecule has 0 radical (unpaired) electrons. The fourth-order valence-corrected chi connectivity index (χ4v) is 5.12. The van der Waals surface area contributed by atoms with Gasteiger partial charge in [0.1, 0.15) is 5.00 Å². The van der Waals surface area contributed by atoms with Crippen molar-refractivity contribution < 1.29 is 19.1 Å². The molecule has 0 bridgehead atoms. The second kappa shape index (κ2) is 7.83. The molecule has 150 valence electrons. The molecule has 3 aromatic rings. The van der Waals surface area contributed by atoms with E-state index in [0.29, 0.717) is 16.1 Å². The number of aromatic amines is 1. The summed E-state index contributed by atoms with van der Waals surface area (Å²) in [5.74, 6) is -1.06. The molecule has 1 aliphatic rings. The zero-order valence-electron chi connectivity index (χ0n) is 16.3. The fraction of sp³-hybridized carbons (Fsp3) is 0.318. The third-order valence-corrected chi connectivity index (χ3v) is 6.38. The summed E-state index contributed by atoms with van der Waals surface area (Å²) in [6, 6.07) is 7.50. The van der Waals surface area contributed by atoms with Crippen LogP contribution >= 0.6 is 11.3 Å². The molecule has 1 amide bonds. The molecule has 6 nitrogen and oxygen atoms in total. The van der Waals surface area contributed by atoms with Crippen LogP contribution in [0.3, 0.4) is 0 Å². The smallest absolute Gasteiger partial charge is 0.342 e. The average Bonchev–Trinajstić information content (AvgIpc) is 3.27. The van der Waals surface area contributed by atoms with Crippen molar-refractivity contribution in [1.29, 1.82) is 0 Å². The molecule has 2 aromatic heterocycles. The van der Waals surface area contributed by atoms with E-state index in [2.05, 4.69) is 10.3 Å². The lowest BCUT2D eigenvalue weighted by Crippen LogP contribution is -2.25. The number of hydrogen-bond acceptors (Lipinski definition) is 5. The van der Waals surface area contributed by atoms with E-state index in [1.807, 2.05) is 24.3 Å². The third-order valence-electron chi connectivity index (χ3n) is 5.17. The first-order valence-electron chi connectivity index (χ1n) is 9.69. The van der Waals surface area contributed by atoms with Crippen LogP contribution in [0, 0.1) is 0 Å². The quantitative estimate of drug-likeness (QED) is 0.479. The molecule has 2 heterocycles. The lowest BCUT2D eigenvalue weighted by molar-refractivity contribution is -0.114. The van der Waals surface area contributed by atoms with Gasteiger partial charge in [-0.1, -0.05) is 18.2 Å². The van der Waals surface area contributed by atoms with Crippen LogP contribution < -0.4 is 5.32 Å². The van der Waals surface area contributed by atoms with E-state index in [1.54, 1.807) is 13.1 Å². The summed E-state index contributed by atoms with van der Waals surface area (Å²) in [6.07, 6.45) is 4.44. The summed E-state index contributed by atoms with van der Waals surface area (Å²) in [4.78, 5) is 41.7. The minimum absolute atomic E-state index is 0.236. The second-order valence-electron chi connectivity index (χ2n) is 7.26. The van der Waals surface area contributed by atoms with Gasteiger partial charge in [-0.25, -0.2) is 4.79 Å². The normalized spacial score (nSPS) is 14.3. The van der Waals surface area contributed by atoms with Crippen LogP contribution in [0.4, 0.5) is 5.00 Å². The molecule has 7 heteroatoms. The molecule has 0 aliphatic heterocycles. The van der Waals surface area contributed by atoms with Crippen LogP contribution in [0.1, 0.15) is 57.8 Å². The van der Waals surface area contributed by atoms with E-state index < -0.39 is 12.1 Å². The van der Waals surface area contributed by atoms with E-state index in [9.17, 15) is 14.4 Å². The number of carbonyl (C=O) groups excluding carboxylic acids is 3. The summed E-state index contributed by atoms with van der Waals surface area (Å²) in [5, 5.41) is 4.07. The number of ketones is 1. The number of H-pyrrole nitrogens is 1. The number of aromatic nitrogens is 1. The number of fused-ring (bicyclic) bond motifs is 2. The zero-order chi connectivity index (χ0) is 20.5. The van der Waals surface area contributed by atoms with Gasteiger partial charge in [-0.15, -0.1) is 11.3 Å². The number of aryl methyl sites for hydroxylation is 1. The van der Waals surface area contributed by atoms with E-state index in [0.717, 1.165) is 47.0 Å². The summed E-state index contributed by atoms with van der Waals surface area (Å²) < 4.78 is 5.57. The highest BCUT2D eigenvalue weighted by Crippen LogP contribution is 2.38. The Bertz CT molecular complexity index is 1110. The number of para-hydroxylation sites is 1. The highest BCUT2D eigenvalue weighted by Gasteiger charge is 2.30. The van der Waals surface area contributed by atoms with Gasteiger partial charge < -0.3 is 15.0 Å². The van der Waals surface area contributed by atoms with Gasteiger partial charge in [-0.05, 0) is 44.2 Å². The Labute approximate surface area is 172 Å². The molecule has 1 aliphatic carbocycles. The molecule has 1 atom stereocenters. The number of amides is 1. The van der Waals surface area contributed by atoms with Crippen molar-refractivity contribution in [3.8, 4) is 0 Å². The Hall–Kier alpha value is -2.93. The minimum atomic E-state index is -0.939. The number of benzene rings is 1. The standard InChI is InChI=1S/C22H22N2O4S/c1-12(20(26)16-11-23-17-9-5-3-7-14(16)17)28-22(27)19-15-8-4-6-10-18(15)29-21(19)24-13(2)25/h3,5,7,9,11-12,23H,4,6,8,10H2,1-2H3,(H,24,25)/t12-/m1/s1. The monoisotopic (exact) mass is 410 g/mol. The van der Waals surface area contributed by atoms with Crippen LogP contribution in [0.5, 0.6) is 0 Å². The van der Waals surface area contributed by atoms with Gasteiger partial charge in [0.25, 0.3) is 0 Å². The molecule has 0 saturated heterocycles. The molecular weight excluding hydrogens is 388 g/mol. The number of nitrogens with one attached hydrogen (secondary N) is 2. The average molecular weight is 410 g/mol. The van der Waals surface area contributed by atoms with Gasteiger partial charge in [0.15, 0.2) is 6.10 Å². The molecule has 0 saturated carbocycles. The summed E-state index contributed by atoms with van der Waals surface area (Å²) >= 11 is 1.43. The highest BCUT2D eigenvalue weighted by molar-refractivity contribution is 7.17. The van der Waals surface area contributed by atoms with Crippen LogP contribution in [0.25, 0.3) is 10.9 Å². The predicted molar refractivity (Wildman–Crippen MR) is 113 cm³/mol. The fourth-order valence-electron chi connectivity index (χ4n) is 3.80.